The maximum Gasteiger partial charge on any atom is 0.123 e. The van der Waals surface area contributed by atoms with E-state index in [9.17, 15) is 0 Å². The minimum absolute atomic E-state index is 0.728. The highest BCUT2D eigenvalue weighted by Crippen LogP contribution is 2.35. The Kier molecular flexibility index (Phi) is 14.8. The van der Waals surface area contributed by atoms with Crippen LogP contribution in [0.5, 0.6) is 11.5 Å². The van der Waals surface area contributed by atoms with Gasteiger partial charge in [-0.3, -0.25) is 0 Å². The van der Waals surface area contributed by atoms with Gasteiger partial charge >= 0.3 is 0 Å². The highest BCUT2D eigenvalue weighted by molar-refractivity contribution is 5.47. The van der Waals surface area contributed by atoms with E-state index in [1.807, 2.05) is 0 Å². The van der Waals surface area contributed by atoms with Gasteiger partial charge in [0.15, 0.2) is 0 Å². The Morgan fingerprint density at radius 2 is 1.00 bits per heavy atom. The Morgan fingerprint density at radius 1 is 0.600 bits per heavy atom. The summed E-state index contributed by atoms with van der Waals surface area (Å²) in [5.41, 5.74) is 2.70. The molecule has 0 saturated heterocycles. The molecule has 2 unspecified atom stereocenters. The molecular weight excluding hydrogens is 368 g/mol. The Bertz CT molecular complexity index is 502. The molecule has 1 aromatic carbocycles. The summed E-state index contributed by atoms with van der Waals surface area (Å²) in [6, 6.07) is 4.66. The molecule has 0 spiro atoms. The van der Waals surface area contributed by atoms with Gasteiger partial charge < -0.3 is 9.47 Å². The van der Waals surface area contributed by atoms with Gasteiger partial charge in [-0.05, 0) is 60.8 Å². The molecule has 174 valence electrons. The van der Waals surface area contributed by atoms with Gasteiger partial charge in [-0.25, -0.2) is 0 Å². The fourth-order valence-electron chi connectivity index (χ4n) is 4.16. The van der Waals surface area contributed by atoms with Crippen LogP contribution in [-0.2, 0) is 12.8 Å². The van der Waals surface area contributed by atoms with Crippen molar-refractivity contribution in [1.82, 2.24) is 0 Å². The highest BCUT2D eigenvalue weighted by atomic mass is 16.5. The van der Waals surface area contributed by atoms with Crippen molar-refractivity contribution in [2.45, 2.75) is 119 Å². The number of hydrogen-bond donors (Lipinski definition) is 0. The molecule has 0 heterocycles. The van der Waals surface area contributed by atoms with E-state index in [0.717, 1.165) is 62.2 Å². The molecule has 1 rings (SSSR count). The molecular formula is C28H50O2. The van der Waals surface area contributed by atoms with Crippen molar-refractivity contribution in [1.29, 1.82) is 0 Å². The van der Waals surface area contributed by atoms with Crippen LogP contribution in [0, 0.1) is 11.8 Å². The van der Waals surface area contributed by atoms with E-state index in [2.05, 4.69) is 53.7 Å². The van der Waals surface area contributed by atoms with Crippen LogP contribution in [0.2, 0.25) is 0 Å². The predicted molar refractivity (Wildman–Crippen MR) is 132 cm³/mol. The lowest BCUT2D eigenvalue weighted by atomic mass is 9.88. The number of unbranched alkanes of at least 4 members (excludes halogenated alkanes) is 2. The summed E-state index contributed by atoms with van der Waals surface area (Å²) >= 11 is 0. The number of ether oxygens (including phenoxy) is 2. The molecule has 0 aliphatic heterocycles. The van der Waals surface area contributed by atoms with Gasteiger partial charge in [-0.2, -0.15) is 0 Å². The molecule has 0 fully saturated rings. The molecule has 0 aliphatic rings. The Morgan fingerprint density at radius 3 is 1.30 bits per heavy atom. The van der Waals surface area contributed by atoms with Crippen molar-refractivity contribution in [2.75, 3.05) is 13.2 Å². The second-order valence-electron chi connectivity index (χ2n) is 9.01. The predicted octanol–water partition coefficient (Wildman–Crippen LogP) is 8.78. The fourth-order valence-corrected chi connectivity index (χ4v) is 4.16. The summed E-state index contributed by atoms with van der Waals surface area (Å²) < 4.78 is 12.6. The minimum atomic E-state index is 0.728. The summed E-state index contributed by atoms with van der Waals surface area (Å²) in [4.78, 5) is 0. The molecule has 1 aromatic rings. The zero-order chi connectivity index (χ0) is 22.2. The van der Waals surface area contributed by atoms with Gasteiger partial charge in [0.25, 0.3) is 0 Å². The second-order valence-corrected chi connectivity index (χ2v) is 9.01. The van der Waals surface area contributed by atoms with E-state index in [4.69, 9.17) is 9.47 Å². The van der Waals surface area contributed by atoms with Crippen LogP contribution in [0.1, 0.15) is 117 Å². The van der Waals surface area contributed by atoms with Gasteiger partial charge in [0, 0.05) is 0 Å². The van der Waals surface area contributed by atoms with E-state index >= 15 is 0 Å². The van der Waals surface area contributed by atoms with E-state index in [0.29, 0.717) is 0 Å². The zero-order valence-corrected chi connectivity index (χ0v) is 21.0. The number of hydrogen-bond acceptors (Lipinski definition) is 2. The highest BCUT2D eigenvalue weighted by Gasteiger charge is 2.18. The van der Waals surface area contributed by atoms with Crippen LogP contribution >= 0.6 is 0 Å². The zero-order valence-electron chi connectivity index (χ0n) is 21.0. The molecule has 0 amide bonds. The minimum Gasteiger partial charge on any atom is -0.493 e. The average Bonchev–Trinajstić information content (AvgIpc) is 2.77. The lowest BCUT2D eigenvalue weighted by molar-refractivity contribution is 0.298. The van der Waals surface area contributed by atoms with Crippen LogP contribution in [0.3, 0.4) is 0 Å². The lowest BCUT2D eigenvalue weighted by Gasteiger charge is -2.22. The Hall–Kier alpha value is -1.18. The number of rotatable bonds is 18. The van der Waals surface area contributed by atoms with Gasteiger partial charge in [-0.15, -0.1) is 0 Å². The van der Waals surface area contributed by atoms with Crippen molar-refractivity contribution in [3.8, 4) is 11.5 Å². The van der Waals surface area contributed by atoms with Crippen molar-refractivity contribution in [3.63, 3.8) is 0 Å². The van der Waals surface area contributed by atoms with Gasteiger partial charge in [0.05, 0.1) is 13.2 Å². The van der Waals surface area contributed by atoms with Crippen molar-refractivity contribution in [2.24, 2.45) is 11.8 Å². The first kappa shape index (κ1) is 26.9. The first-order chi connectivity index (χ1) is 14.6. The average molecular weight is 419 g/mol. The SMILES string of the molecule is CCCCC(CC)Cc1cc(OCCC)c(CC(CC)CCCC)cc1OCCC. The maximum absolute atomic E-state index is 6.28. The summed E-state index contributed by atoms with van der Waals surface area (Å²) in [6.45, 7) is 15.2. The van der Waals surface area contributed by atoms with Crippen molar-refractivity contribution in [3.05, 3.63) is 23.3 Å². The summed E-state index contributed by atoms with van der Waals surface area (Å²) in [6.07, 6.45) is 14.6. The molecule has 0 bridgehead atoms. The number of benzene rings is 1. The van der Waals surface area contributed by atoms with Crippen molar-refractivity contribution >= 4 is 0 Å². The molecule has 0 N–H and O–H groups in total. The van der Waals surface area contributed by atoms with Crippen LogP contribution in [-0.4, -0.2) is 13.2 Å². The molecule has 0 saturated carbocycles. The van der Waals surface area contributed by atoms with E-state index in [-0.39, 0.29) is 0 Å². The fraction of sp³-hybridized carbons (Fsp3) is 0.786. The molecule has 30 heavy (non-hydrogen) atoms. The van der Waals surface area contributed by atoms with E-state index in [1.165, 1.54) is 62.5 Å². The third-order valence-corrected chi connectivity index (χ3v) is 6.27. The van der Waals surface area contributed by atoms with Gasteiger partial charge in [0.1, 0.15) is 11.5 Å². The van der Waals surface area contributed by atoms with Crippen molar-refractivity contribution < 1.29 is 9.47 Å². The lowest BCUT2D eigenvalue weighted by Crippen LogP contribution is -2.11. The summed E-state index contributed by atoms with van der Waals surface area (Å²) in [5, 5.41) is 0. The molecule has 2 heteroatoms. The molecule has 0 aliphatic carbocycles. The normalized spacial score (nSPS) is 13.3. The quantitative estimate of drug-likeness (QED) is 0.237. The molecule has 0 radical (unpaired) electrons. The third-order valence-electron chi connectivity index (χ3n) is 6.27. The Labute approximate surface area is 188 Å². The smallest absolute Gasteiger partial charge is 0.123 e. The van der Waals surface area contributed by atoms with Gasteiger partial charge in [0.2, 0.25) is 0 Å². The monoisotopic (exact) mass is 418 g/mol. The standard InChI is InChI=1S/C28H50O2/c1-7-13-15-23(11-5)19-25-21-28(30-18-10-4)26(22-27(25)29-17-9-3)20-24(12-6)16-14-8-2/h21-24H,7-20H2,1-6H3. The van der Waals surface area contributed by atoms with E-state index in [1.54, 1.807) is 0 Å². The first-order valence-corrected chi connectivity index (χ1v) is 13.0. The largest absolute Gasteiger partial charge is 0.493 e. The third kappa shape index (κ3) is 9.75. The first-order valence-electron chi connectivity index (χ1n) is 13.0. The van der Waals surface area contributed by atoms with Crippen LogP contribution in [0.25, 0.3) is 0 Å². The summed E-state index contributed by atoms with van der Waals surface area (Å²) in [5.74, 6) is 3.67. The second kappa shape index (κ2) is 16.5. The van der Waals surface area contributed by atoms with Crippen LogP contribution in [0.15, 0.2) is 12.1 Å². The van der Waals surface area contributed by atoms with Crippen LogP contribution in [0.4, 0.5) is 0 Å². The topological polar surface area (TPSA) is 18.5 Å². The molecule has 2 nitrogen and oxygen atoms in total. The molecule has 2 atom stereocenters. The van der Waals surface area contributed by atoms with E-state index < -0.39 is 0 Å². The van der Waals surface area contributed by atoms with Gasteiger partial charge in [-0.1, -0.05) is 92.9 Å². The summed E-state index contributed by atoms with van der Waals surface area (Å²) in [7, 11) is 0. The Balaban J connectivity index is 3.21. The molecule has 0 aromatic heterocycles. The maximum atomic E-state index is 6.28. The van der Waals surface area contributed by atoms with Crippen LogP contribution < -0.4 is 9.47 Å².